The molecular formula is C23H27ClN4O. The summed E-state index contributed by atoms with van der Waals surface area (Å²) in [5, 5.41) is 4.76. The second kappa shape index (κ2) is 9.25. The predicted molar refractivity (Wildman–Crippen MR) is 118 cm³/mol. The van der Waals surface area contributed by atoms with Crippen LogP contribution >= 0.6 is 12.4 Å². The van der Waals surface area contributed by atoms with Gasteiger partial charge in [-0.2, -0.15) is 5.10 Å². The van der Waals surface area contributed by atoms with Crippen LogP contribution in [0.4, 0.5) is 0 Å². The number of aromatic nitrogens is 2. The van der Waals surface area contributed by atoms with Crippen LogP contribution in [0.25, 0.3) is 11.3 Å². The summed E-state index contributed by atoms with van der Waals surface area (Å²) in [5.41, 5.74) is 12.2. The number of carbonyl (C=O) groups excluding carboxylic acids is 1. The van der Waals surface area contributed by atoms with E-state index < -0.39 is 0 Å². The van der Waals surface area contributed by atoms with Crippen LogP contribution in [-0.4, -0.2) is 40.2 Å². The fraction of sp³-hybridized carbons (Fsp3) is 0.304. The van der Waals surface area contributed by atoms with Gasteiger partial charge >= 0.3 is 0 Å². The average Bonchev–Trinajstić information content (AvgIpc) is 2.90. The first-order chi connectivity index (χ1) is 13.7. The first kappa shape index (κ1) is 21.1. The van der Waals surface area contributed by atoms with Gasteiger partial charge in [0, 0.05) is 48.9 Å². The lowest BCUT2D eigenvalue weighted by Gasteiger charge is -2.20. The Morgan fingerprint density at radius 1 is 1.03 bits per heavy atom. The molecule has 0 spiro atoms. The molecule has 0 bridgehead atoms. The van der Waals surface area contributed by atoms with Crippen LogP contribution in [0.3, 0.4) is 0 Å². The Hall–Kier alpha value is -2.63. The molecule has 0 radical (unpaired) electrons. The molecule has 3 aromatic rings. The number of hydrogen-bond donors (Lipinski definition) is 1. The molecule has 0 saturated heterocycles. The van der Waals surface area contributed by atoms with Crippen molar-refractivity contribution in [2.75, 3.05) is 19.6 Å². The van der Waals surface area contributed by atoms with Gasteiger partial charge in [-0.15, -0.1) is 12.4 Å². The molecule has 4 rings (SSSR count). The van der Waals surface area contributed by atoms with Crippen molar-refractivity contribution >= 4 is 18.3 Å². The number of nitrogens with two attached hydrogens (primary N) is 1. The van der Waals surface area contributed by atoms with Gasteiger partial charge in [0.2, 0.25) is 0 Å². The highest BCUT2D eigenvalue weighted by Gasteiger charge is 2.25. The Kier molecular flexibility index (Phi) is 6.72. The molecule has 0 fully saturated rings. The molecular weight excluding hydrogens is 384 g/mol. The standard InChI is InChI=1S/C23H26N4O.ClH/c1-26-21-13-16-27(23(28)19-9-7-17(8-10-19)11-14-24)15-12-20(21)22(25-26)18-5-3-2-4-6-18;/h2-10H,11-16,24H2,1H3;1H. The number of amides is 1. The van der Waals surface area contributed by atoms with Crippen LogP contribution in [0.2, 0.25) is 0 Å². The third-order valence-corrected chi connectivity index (χ3v) is 5.49. The van der Waals surface area contributed by atoms with Crippen molar-refractivity contribution in [1.82, 2.24) is 14.7 Å². The minimum absolute atomic E-state index is 0. The van der Waals surface area contributed by atoms with Gasteiger partial charge in [-0.1, -0.05) is 42.5 Å². The zero-order valence-corrected chi connectivity index (χ0v) is 17.5. The second-order valence-electron chi connectivity index (χ2n) is 7.29. The van der Waals surface area contributed by atoms with Gasteiger partial charge in [0.15, 0.2) is 0 Å². The zero-order valence-electron chi connectivity index (χ0n) is 16.7. The van der Waals surface area contributed by atoms with Gasteiger partial charge in [-0.25, -0.2) is 0 Å². The summed E-state index contributed by atoms with van der Waals surface area (Å²) >= 11 is 0. The highest BCUT2D eigenvalue weighted by Crippen LogP contribution is 2.28. The van der Waals surface area contributed by atoms with E-state index in [9.17, 15) is 4.79 Å². The van der Waals surface area contributed by atoms with Crippen molar-refractivity contribution in [2.45, 2.75) is 19.3 Å². The molecule has 29 heavy (non-hydrogen) atoms. The molecule has 152 valence electrons. The smallest absolute Gasteiger partial charge is 0.253 e. The van der Waals surface area contributed by atoms with E-state index in [0.717, 1.165) is 36.1 Å². The van der Waals surface area contributed by atoms with Crippen molar-refractivity contribution in [1.29, 1.82) is 0 Å². The lowest BCUT2D eigenvalue weighted by Crippen LogP contribution is -2.33. The van der Waals surface area contributed by atoms with Crippen molar-refractivity contribution in [3.8, 4) is 11.3 Å². The molecule has 2 aromatic carbocycles. The van der Waals surface area contributed by atoms with Gasteiger partial charge in [0.05, 0.1) is 5.69 Å². The minimum atomic E-state index is 0. The fourth-order valence-electron chi connectivity index (χ4n) is 3.97. The molecule has 0 aliphatic carbocycles. The number of carbonyl (C=O) groups is 1. The molecule has 5 nitrogen and oxygen atoms in total. The number of aryl methyl sites for hydroxylation is 1. The van der Waals surface area contributed by atoms with E-state index in [1.54, 1.807) is 0 Å². The highest BCUT2D eigenvalue weighted by atomic mass is 35.5. The van der Waals surface area contributed by atoms with Gasteiger partial charge in [-0.3, -0.25) is 9.48 Å². The maximum Gasteiger partial charge on any atom is 0.253 e. The van der Waals surface area contributed by atoms with Crippen LogP contribution in [-0.2, 0) is 26.3 Å². The Morgan fingerprint density at radius 3 is 2.41 bits per heavy atom. The Morgan fingerprint density at radius 2 is 1.72 bits per heavy atom. The predicted octanol–water partition coefficient (Wildman–Crippen LogP) is 3.25. The SMILES string of the molecule is Cl.Cn1nc(-c2ccccc2)c2c1CCN(C(=O)c1ccc(CCN)cc1)CC2. The van der Waals surface area contributed by atoms with E-state index in [0.29, 0.717) is 19.6 Å². The first-order valence-electron chi connectivity index (χ1n) is 9.86. The van der Waals surface area contributed by atoms with Crippen LogP contribution in [0.5, 0.6) is 0 Å². The third-order valence-electron chi connectivity index (χ3n) is 5.49. The highest BCUT2D eigenvalue weighted by molar-refractivity contribution is 5.94. The minimum Gasteiger partial charge on any atom is -0.338 e. The molecule has 0 saturated carbocycles. The Balaban J connectivity index is 0.00000240. The van der Waals surface area contributed by atoms with Crippen LogP contribution < -0.4 is 5.73 Å². The van der Waals surface area contributed by atoms with E-state index in [1.807, 2.05) is 59.1 Å². The summed E-state index contributed by atoms with van der Waals surface area (Å²) in [6.45, 7) is 2.04. The lowest BCUT2D eigenvalue weighted by atomic mass is 10.0. The molecule has 0 atom stereocenters. The van der Waals surface area contributed by atoms with E-state index in [-0.39, 0.29) is 18.3 Å². The third kappa shape index (κ3) is 4.36. The van der Waals surface area contributed by atoms with Crippen LogP contribution in [0.1, 0.15) is 27.2 Å². The Bertz CT molecular complexity index is 967. The molecule has 1 aliphatic heterocycles. The molecule has 2 N–H and O–H groups in total. The van der Waals surface area contributed by atoms with Gasteiger partial charge < -0.3 is 10.6 Å². The molecule has 6 heteroatoms. The lowest BCUT2D eigenvalue weighted by molar-refractivity contribution is 0.0762. The van der Waals surface area contributed by atoms with E-state index in [2.05, 4.69) is 12.1 Å². The molecule has 1 amide bonds. The van der Waals surface area contributed by atoms with Crippen molar-refractivity contribution in [3.05, 3.63) is 77.0 Å². The average molecular weight is 411 g/mol. The normalized spacial score (nSPS) is 13.4. The monoisotopic (exact) mass is 410 g/mol. The topological polar surface area (TPSA) is 64.2 Å². The number of hydrogen-bond acceptors (Lipinski definition) is 3. The molecule has 0 unspecified atom stereocenters. The summed E-state index contributed by atoms with van der Waals surface area (Å²) in [6.07, 6.45) is 2.48. The quantitative estimate of drug-likeness (QED) is 0.718. The van der Waals surface area contributed by atoms with Crippen molar-refractivity contribution in [3.63, 3.8) is 0 Å². The number of halogens is 1. The van der Waals surface area contributed by atoms with Crippen molar-refractivity contribution in [2.24, 2.45) is 12.8 Å². The van der Waals surface area contributed by atoms with E-state index in [1.165, 1.54) is 16.8 Å². The zero-order chi connectivity index (χ0) is 19.5. The number of rotatable bonds is 4. The Labute approximate surface area is 177 Å². The first-order valence-corrected chi connectivity index (χ1v) is 9.86. The molecule has 1 aliphatic rings. The number of benzene rings is 2. The summed E-state index contributed by atoms with van der Waals surface area (Å²) in [7, 11) is 2.00. The van der Waals surface area contributed by atoms with E-state index in [4.69, 9.17) is 10.8 Å². The van der Waals surface area contributed by atoms with Crippen LogP contribution in [0, 0.1) is 0 Å². The summed E-state index contributed by atoms with van der Waals surface area (Å²) < 4.78 is 1.98. The largest absolute Gasteiger partial charge is 0.338 e. The fourth-order valence-corrected chi connectivity index (χ4v) is 3.97. The summed E-state index contributed by atoms with van der Waals surface area (Å²) in [6, 6.07) is 18.1. The molecule has 1 aromatic heterocycles. The second-order valence-corrected chi connectivity index (χ2v) is 7.29. The summed E-state index contributed by atoms with van der Waals surface area (Å²) in [4.78, 5) is 15.0. The van der Waals surface area contributed by atoms with Gasteiger partial charge in [-0.05, 0) is 37.1 Å². The van der Waals surface area contributed by atoms with Gasteiger partial charge in [0.25, 0.3) is 5.91 Å². The molecule has 2 heterocycles. The van der Waals surface area contributed by atoms with Gasteiger partial charge in [0.1, 0.15) is 0 Å². The van der Waals surface area contributed by atoms with E-state index >= 15 is 0 Å². The van der Waals surface area contributed by atoms with Crippen LogP contribution in [0.15, 0.2) is 54.6 Å². The maximum atomic E-state index is 13.0. The number of nitrogens with zero attached hydrogens (tertiary/aromatic N) is 3. The maximum absolute atomic E-state index is 13.0. The number of fused-ring (bicyclic) bond motifs is 1. The van der Waals surface area contributed by atoms with Crippen molar-refractivity contribution < 1.29 is 4.79 Å². The summed E-state index contributed by atoms with van der Waals surface area (Å²) in [5.74, 6) is 0.0984.